The number of pyridine rings is 4. The van der Waals surface area contributed by atoms with Gasteiger partial charge in [0.2, 0.25) is 0 Å². The lowest BCUT2D eigenvalue weighted by Crippen LogP contribution is -2.18. The second-order valence-corrected chi connectivity index (χ2v) is 13.8. The van der Waals surface area contributed by atoms with E-state index in [2.05, 4.69) is 105 Å². The molecule has 1 aliphatic rings. The molecule has 2 unspecified atom stereocenters. The van der Waals surface area contributed by atoms with Crippen molar-refractivity contribution in [3.05, 3.63) is 182 Å². The number of hydrogen-bond donors (Lipinski definition) is 1. The second-order valence-electron chi connectivity index (χ2n) is 13.8. The summed E-state index contributed by atoms with van der Waals surface area (Å²) >= 11 is 0. The minimum atomic E-state index is -0.244. The third kappa shape index (κ3) is 7.10. The second kappa shape index (κ2) is 15.7. The molecule has 1 aliphatic carbocycles. The lowest BCUT2D eigenvalue weighted by molar-refractivity contribution is 0.881. The summed E-state index contributed by atoms with van der Waals surface area (Å²) in [7, 11) is 0. The maximum Gasteiger partial charge on any atom is 0.157 e. The predicted molar refractivity (Wildman–Crippen MR) is 235 cm³/mol. The van der Waals surface area contributed by atoms with Crippen LogP contribution in [0.1, 0.15) is 26.3 Å². The molecule has 4 heterocycles. The van der Waals surface area contributed by atoms with Crippen LogP contribution in [0.25, 0.3) is 65.9 Å². The Bertz CT molecular complexity index is 2750. The highest BCUT2D eigenvalue weighted by atomic mass is 15.0. The number of hydrogen-bond acceptors (Lipinski definition) is 5. The van der Waals surface area contributed by atoms with Crippen molar-refractivity contribution in [3.63, 3.8) is 0 Å². The van der Waals surface area contributed by atoms with Gasteiger partial charge in [-0.15, -0.1) is 0 Å². The number of aliphatic imine (C=N–C) groups is 2. The molecule has 2 atom stereocenters. The van der Waals surface area contributed by atoms with Gasteiger partial charge < -0.3 is 5.73 Å². The van der Waals surface area contributed by atoms with Gasteiger partial charge in [0.1, 0.15) is 5.84 Å². The van der Waals surface area contributed by atoms with Crippen LogP contribution >= 0.6 is 0 Å². The zero-order valence-corrected chi connectivity index (χ0v) is 31.6. The van der Waals surface area contributed by atoms with Gasteiger partial charge in [-0.1, -0.05) is 105 Å². The minimum Gasteiger partial charge on any atom is -0.383 e. The van der Waals surface area contributed by atoms with E-state index in [4.69, 9.17) is 35.7 Å². The van der Waals surface area contributed by atoms with Crippen molar-refractivity contribution in [1.29, 1.82) is 0 Å². The standard InChI is InChI=1S/C49H41N7/c1-5-7-12-33(6-2)32(4)55-49(56-48(50)36-13-8-11-31(3)16-17-36)39-29-37(40-22-26-53-46-42(40)20-18-34-14-9-24-51-44(34)46)28-38(30-39)41-23-27-54-47-43(41)21-19-35-15-10-25-52-45(35)47/h5-32H,1H2,2-4H3,(H2,50,55,56)/b12-7-,33-6+. The number of amidine groups is 2. The number of fused-ring (bicyclic) bond motifs is 6. The first-order chi connectivity index (χ1) is 27.4. The molecular weight excluding hydrogens is 687 g/mol. The molecule has 3 aromatic carbocycles. The van der Waals surface area contributed by atoms with Crippen molar-refractivity contribution in [2.24, 2.45) is 21.6 Å². The Kier molecular flexibility index (Phi) is 10.1. The topological polar surface area (TPSA) is 102 Å². The summed E-state index contributed by atoms with van der Waals surface area (Å²) in [6.07, 6.45) is 25.4. The molecule has 7 heteroatoms. The maximum atomic E-state index is 6.86. The largest absolute Gasteiger partial charge is 0.383 e. The molecule has 56 heavy (non-hydrogen) atoms. The van der Waals surface area contributed by atoms with Crippen LogP contribution in [-0.4, -0.2) is 37.6 Å². The highest BCUT2D eigenvalue weighted by Gasteiger charge is 2.18. The van der Waals surface area contributed by atoms with Crippen LogP contribution in [-0.2, 0) is 0 Å². The molecule has 7 nitrogen and oxygen atoms in total. The molecule has 0 saturated heterocycles. The lowest BCUT2D eigenvalue weighted by atomic mass is 9.92. The first-order valence-corrected chi connectivity index (χ1v) is 18.8. The third-order valence-electron chi connectivity index (χ3n) is 10.1. The van der Waals surface area contributed by atoms with E-state index in [9.17, 15) is 0 Å². The van der Waals surface area contributed by atoms with Crippen molar-refractivity contribution in [2.75, 3.05) is 0 Å². The van der Waals surface area contributed by atoms with Crippen molar-refractivity contribution >= 4 is 55.3 Å². The van der Waals surface area contributed by atoms with Crippen LogP contribution in [0.4, 0.5) is 0 Å². The predicted octanol–water partition coefficient (Wildman–Crippen LogP) is 11.1. The molecule has 4 aromatic heterocycles. The van der Waals surface area contributed by atoms with Gasteiger partial charge in [0.25, 0.3) is 0 Å². The Morgan fingerprint density at radius 2 is 1.38 bits per heavy atom. The number of allylic oxidation sites excluding steroid dienone is 7. The summed E-state index contributed by atoms with van der Waals surface area (Å²) in [5, 5.41) is 4.05. The van der Waals surface area contributed by atoms with Crippen LogP contribution in [0.2, 0.25) is 0 Å². The van der Waals surface area contributed by atoms with E-state index < -0.39 is 0 Å². The molecule has 8 rings (SSSR count). The van der Waals surface area contributed by atoms with Gasteiger partial charge in [-0.2, -0.15) is 0 Å². The van der Waals surface area contributed by atoms with Crippen LogP contribution in [0.3, 0.4) is 0 Å². The van der Waals surface area contributed by atoms with E-state index in [-0.39, 0.29) is 12.0 Å². The highest BCUT2D eigenvalue weighted by Crippen LogP contribution is 2.37. The molecule has 0 saturated carbocycles. The first-order valence-electron chi connectivity index (χ1n) is 18.8. The number of nitrogens with two attached hydrogens (primary N) is 1. The van der Waals surface area contributed by atoms with E-state index in [1.54, 1.807) is 6.08 Å². The smallest absolute Gasteiger partial charge is 0.157 e. The molecule has 0 radical (unpaired) electrons. The summed E-state index contributed by atoms with van der Waals surface area (Å²) in [5.74, 6) is 1.17. The van der Waals surface area contributed by atoms with Crippen LogP contribution < -0.4 is 5.73 Å². The fraction of sp³-hybridized carbons (Fsp3) is 0.102. The molecular formula is C49H41N7. The van der Waals surface area contributed by atoms with Gasteiger partial charge >= 0.3 is 0 Å². The summed E-state index contributed by atoms with van der Waals surface area (Å²) in [5.41, 5.74) is 16.9. The summed E-state index contributed by atoms with van der Waals surface area (Å²) in [6, 6.07) is 26.9. The molecule has 0 aliphatic heterocycles. The summed E-state index contributed by atoms with van der Waals surface area (Å²) in [4.78, 5) is 29.5. The van der Waals surface area contributed by atoms with E-state index in [0.29, 0.717) is 11.7 Å². The number of rotatable bonds is 8. The molecule has 0 bridgehead atoms. The third-order valence-corrected chi connectivity index (χ3v) is 10.1. The lowest BCUT2D eigenvalue weighted by Gasteiger charge is -2.16. The van der Waals surface area contributed by atoms with Gasteiger partial charge in [0.05, 0.1) is 28.1 Å². The SMILES string of the molecule is C=C/C=C\C(=C/C)C(C)N=C(N=C(N)C1=CC=CC(C)C=C1)c1cc(-c2ccnc3c2ccc2cccnc23)cc(-c2ccnc3c2ccc2cccnc23)c1. The molecule has 272 valence electrons. The molecule has 0 amide bonds. The fourth-order valence-electron chi connectivity index (χ4n) is 7.22. The monoisotopic (exact) mass is 727 g/mol. The quantitative estimate of drug-likeness (QED) is 0.0726. The van der Waals surface area contributed by atoms with Gasteiger partial charge in [0.15, 0.2) is 5.84 Å². The fourth-order valence-corrected chi connectivity index (χ4v) is 7.22. The number of benzene rings is 3. The van der Waals surface area contributed by atoms with Crippen molar-refractivity contribution in [3.8, 4) is 22.3 Å². The van der Waals surface area contributed by atoms with Crippen LogP contribution in [0.5, 0.6) is 0 Å². The zero-order chi connectivity index (χ0) is 38.6. The van der Waals surface area contributed by atoms with Crippen LogP contribution in [0, 0.1) is 5.92 Å². The average Bonchev–Trinajstić information content (AvgIpc) is 3.47. The Morgan fingerprint density at radius 3 is 1.96 bits per heavy atom. The number of nitrogens with zero attached hydrogens (tertiary/aromatic N) is 6. The summed E-state index contributed by atoms with van der Waals surface area (Å²) < 4.78 is 0. The Hall–Kier alpha value is -7.12. The van der Waals surface area contributed by atoms with Gasteiger partial charge in [-0.3, -0.25) is 24.9 Å². The molecule has 0 spiro atoms. The Labute approximate surface area is 326 Å². The highest BCUT2D eigenvalue weighted by molar-refractivity contribution is 6.15. The average molecular weight is 728 g/mol. The molecule has 0 fully saturated rings. The zero-order valence-electron chi connectivity index (χ0n) is 31.6. The van der Waals surface area contributed by atoms with Crippen molar-refractivity contribution in [2.45, 2.75) is 26.8 Å². The van der Waals surface area contributed by atoms with Gasteiger partial charge in [-0.05, 0) is 90.1 Å². The number of aromatic nitrogens is 4. The Morgan fingerprint density at radius 1 is 0.768 bits per heavy atom. The van der Waals surface area contributed by atoms with Gasteiger partial charge in [-0.25, -0.2) is 4.99 Å². The molecule has 2 N–H and O–H groups in total. The van der Waals surface area contributed by atoms with E-state index >= 15 is 0 Å². The van der Waals surface area contributed by atoms with Gasteiger partial charge in [0, 0.05) is 57.5 Å². The van der Waals surface area contributed by atoms with Crippen molar-refractivity contribution < 1.29 is 0 Å². The Balaban J connectivity index is 1.41. The normalized spacial score (nSPS) is 15.9. The summed E-state index contributed by atoms with van der Waals surface area (Å²) in [6.45, 7) is 10.1. The first kappa shape index (κ1) is 35.9. The van der Waals surface area contributed by atoms with E-state index in [1.165, 1.54) is 0 Å². The maximum absolute atomic E-state index is 6.86. The van der Waals surface area contributed by atoms with Crippen LogP contribution in [0.15, 0.2) is 186 Å². The molecule has 7 aromatic rings. The van der Waals surface area contributed by atoms with E-state index in [0.717, 1.165) is 82.6 Å². The minimum absolute atomic E-state index is 0.244. The van der Waals surface area contributed by atoms with E-state index in [1.807, 2.05) is 74.2 Å². The van der Waals surface area contributed by atoms with Crippen molar-refractivity contribution in [1.82, 2.24) is 19.9 Å².